The highest BCUT2D eigenvalue weighted by atomic mass is 35.5. The minimum Gasteiger partial charge on any atom is -0.355 e. The number of carbonyl (C=O) groups is 1. The molecule has 1 heterocycles. The fourth-order valence-electron chi connectivity index (χ4n) is 3.70. The largest absolute Gasteiger partial charge is 0.355 e. The first kappa shape index (κ1) is 17.1. The van der Waals surface area contributed by atoms with Crippen molar-refractivity contribution in [1.82, 2.24) is 4.09 Å². The first-order valence-corrected chi connectivity index (χ1v) is 9.42. The van der Waals surface area contributed by atoms with Gasteiger partial charge in [0.25, 0.3) is 5.56 Å². The summed E-state index contributed by atoms with van der Waals surface area (Å²) >= 11 is 10.5. The molecule has 3 aromatic carbocycles. The SMILES string of the molecule is O=C1c2ccccc2-c2cc(=O)n(Cl)c3ccc(Nc4ccc(S)cc4)c1c23. The van der Waals surface area contributed by atoms with Crippen LogP contribution in [0, 0.1) is 0 Å². The van der Waals surface area contributed by atoms with Gasteiger partial charge in [-0.25, -0.2) is 4.09 Å². The Balaban J connectivity index is 1.84. The van der Waals surface area contributed by atoms with E-state index in [2.05, 4.69) is 17.9 Å². The van der Waals surface area contributed by atoms with Gasteiger partial charge in [0.2, 0.25) is 0 Å². The zero-order chi connectivity index (χ0) is 19.4. The monoisotopic (exact) mass is 404 g/mol. The van der Waals surface area contributed by atoms with E-state index in [9.17, 15) is 9.59 Å². The van der Waals surface area contributed by atoms with Gasteiger partial charge in [0.1, 0.15) is 0 Å². The highest BCUT2D eigenvalue weighted by Gasteiger charge is 2.29. The number of aromatic nitrogens is 1. The van der Waals surface area contributed by atoms with Crippen LogP contribution in [0.15, 0.2) is 76.4 Å². The summed E-state index contributed by atoms with van der Waals surface area (Å²) in [6.45, 7) is 0. The maximum absolute atomic E-state index is 13.4. The second kappa shape index (κ2) is 6.26. The lowest BCUT2D eigenvalue weighted by molar-refractivity contribution is 0.104. The third kappa shape index (κ3) is 2.47. The van der Waals surface area contributed by atoms with Gasteiger partial charge in [0.05, 0.1) is 16.8 Å². The number of hydrogen-bond acceptors (Lipinski definition) is 4. The molecule has 0 saturated carbocycles. The topological polar surface area (TPSA) is 51.1 Å². The summed E-state index contributed by atoms with van der Waals surface area (Å²) in [5.41, 5.74) is 4.23. The Morgan fingerprint density at radius 1 is 0.857 bits per heavy atom. The van der Waals surface area contributed by atoms with E-state index in [4.69, 9.17) is 11.8 Å². The molecule has 28 heavy (non-hydrogen) atoms. The normalized spacial score (nSPS) is 12.1. The van der Waals surface area contributed by atoms with Crippen molar-refractivity contribution in [1.29, 1.82) is 0 Å². The lowest BCUT2D eigenvalue weighted by atomic mass is 9.83. The van der Waals surface area contributed by atoms with Crippen molar-refractivity contribution < 1.29 is 4.79 Å². The molecular formula is C22H13ClN2O2S. The summed E-state index contributed by atoms with van der Waals surface area (Å²) < 4.78 is 1.06. The molecule has 0 spiro atoms. The minimum absolute atomic E-state index is 0.0997. The van der Waals surface area contributed by atoms with Crippen LogP contribution >= 0.6 is 24.4 Å². The smallest absolute Gasteiger partial charge is 0.266 e. The average molecular weight is 405 g/mol. The van der Waals surface area contributed by atoms with Crippen molar-refractivity contribution in [3.05, 3.63) is 88.2 Å². The maximum atomic E-state index is 13.4. The van der Waals surface area contributed by atoms with Crippen LogP contribution in [0.25, 0.3) is 22.0 Å². The molecule has 1 N–H and O–H groups in total. The number of nitrogens with one attached hydrogen (secondary N) is 1. The molecule has 0 atom stereocenters. The second-order valence-electron chi connectivity index (χ2n) is 6.61. The minimum atomic E-state index is -0.329. The molecule has 1 aliphatic carbocycles. The predicted molar refractivity (Wildman–Crippen MR) is 115 cm³/mol. The number of rotatable bonds is 2. The van der Waals surface area contributed by atoms with Gasteiger partial charge in [-0.15, -0.1) is 12.6 Å². The Bertz CT molecular complexity index is 1340. The van der Waals surface area contributed by atoms with E-state index >= 15 is 0 Å². The molecule has 4 nitrogen and oxygen atoms in total. The summed E-state index contributed by atoms with van der Waals surface area (Å²) in [5.74, 6) is -0.0997. The molecule has 0 fully saturated rings. The zero-order valence-electron chi connectivity index (χ0n) is 14.4. The summed E-state index contributed by atoms with van der Waals surface area (Å²) in [6.07, 6.45) is 0. The molecule has 0 saturated heterocycles. The Morgan fingerprint density at radius 3 is 2.32 bits per heavy atom. The fourth-order valence-corrected chi connectivity index (χ4v) is 4.04. The third-order valence-corrected chi connectivity index (χ3v) is 5.61. The van der Waals surface area contributed by atoms with E-state index in [0.717, 1.165) is 25.8 Å². The van der Waals surface area contributed by atoms with E-state index in [1.54, 1.807) is 18.2 Å². The number of pyridine rings is 1. The Kier molecular flexibility index (Phi) is 3.82. The number of halogens is 1. The van der Waals surface area contributed by atoms with Crippen LogP contribution in [0.4, 0.5) is 11.4 Å². The summed E-state index contributed by atoms with van der Waals surface area (Å²) in [4.78, 5) is 26.6. The standard InChI is InChI=1S/C22H13ClN2O2S/c23-25-18-10-9-17(24-12-5-7-13(28)8-6-12)21-20(18)16(11-19(25)26)14-3-1-2-4-15(14)22(21)27/h1-11,24,28H. The molecule has 0 bridgehead atoms. The van der Waals surface area contributed by atoms with Crippen LogP contribution in [0.3, 0.4) is 0 Å². The zero-order valence-corrected chi connectivity index (χ0v) is 16.1. The molecule has 0 radical (unpaired) electrons. The Hall–Kier alpha value is -3.02. The van der Waals surface area contributed by atoms with E-state index in [1.165, 1.54) is 6.07 Å². The molecule has 4 aromatic rings. The van der Waals surface area contributed by atoms with Crippen LogP contribution in [-0.4, -0.2) is 9.87 Å². The number of benzene rings is 3. The molecule has 0 unspecified atom stereocenters. The van der Waals surface area contributed by atoms with Gasteiger partial charge in [0, 0.05) is 39.4 Å². The number of fused-ring (bicyclic) bond motifs is 2. The molecule has 6 heteroatoms. The molecule has 136 valence electrons. The predicted octanol–water partition coefficient (Wildman–Crippen LogP) is 5.25. The Morgan fingerprint density at radius 2 is 1.57 bits per heavy atom. The Labute approximate surface area is 170 Å². The first-order chi connectivity index (χ1) is 13.5. The molecule has 1 aromatic heterocycles. The van der Waals surface area contributed by atoms with E-state index < -0.39 is 0 Å². The molecular weight excluding hydrogens is 392 g/mol. The summed E-state index contributed by atoms with van der Waals surface area (Å²) in [7, 11) is 0. The molecule has 1 aliphatic rings. The van der Waals surface area contributed by atoms with Crippen molar-refractivity contribution in [3.8, 4) is 11.1 Å². The van der Waals surface area contributed by atoms with Crippen LogP contribution in [0.5, 0.6) is 0 Å². The number of hydrogen-bond donors (Lipinski definition) is 2. The molecule has 0 aliphatic heterocycles. The number of nitrogens with zero attached hydrogens (tertiary/aromatic N) is 1. The lowest BCUT2D eigenvalue weighted by Gasteiger charge is -2.23. The number of carbonyl (C=O) groups excluding carboxylic acids is 1. The molecule has 0 amide bonds. The van der Waals surface area contributed by atoms with Gasteiger partial charge in [-0.3, -0.25) is 9.59 Å². The van der Waals surface area contributed by atoms with Crippen LogP contribution in [0.1, 0.15) is 15.9 Å². The van der Waals surface area contributed by atoms with Gasteiger partial charge in [-0.05, 0) is 47.5 Å². The van der Waals surface area contributed by atoms with Crippen LogP contribution in [0.2, 0.25) is 0 Å². The number of anilines is 2. The van der Waals surface area contributed by atoms with Gasteiger partial charge in [0.15, 0.2) is 5.78 Å². The van der Waals surface area contributed by atoms with Crippen molar-refractivity contribution >= 4 is 52.5 Å². The highest BCUT2D eigenvalue weighted by Crippen LogP contribution is 2.42. The van der Waals surface area contributed by atoms with E-state index in [0.29, 0.717) is 27.7 Å². The van der Waals surface area contributed by atoms with Crippen LogP contribution < -0.4 is 10.9 Å². The molecule has 5 rings (SSSR count). The lowest BCUT2D eigenvalue weighted by Crippen LogP contribution is -2.19. The van der Waals surface area contributed by atoms with Gasteiger partial charge >= 0.3 is 0 Å². The summed E-state index contributed by atoms with van der Waals surface area (Å²) in [5, 5.41) is 3.99. The third-order valence-electron chi connectivity index (χ3n) is 4.96. The summed E-state index contributed by atoms with van der Waals surface area (Å²) in [6, 6.07) is 19.9. The van der Waals surface area contributed by atoms with Crippen molar-refractivity contribution in [2.75, 3.05) is 5.32 Å². The van der Waals surface area contributed by atoms with E-state index in [1.807, 2.05) is 42.5 Å². The van der Waals surface area contributed by atoms with Gasteiger partial charge in [-0.1, -0.05) is 24.3 Å². The second-order valence-corrected chi connectivity index (χ2v) is 7.46. The quantitative estimate of drug-likeness (QED) is 0.395. The fraction of sp³-hybridized carbons (Fsp3) is 0. The van der Waals surface area contributed by atoms with Crippen molar-refractivity contribution in [2.45, 2.75) is 4.90 Å². The van der Waals surface area contributed by atoms with Crippen molar-refractivity contribution in [3.63, 3.8) is 0 Å². The van der Waals surface area contributed by atoms with E-state index in [-0.39, 0.29) is 11.3 Å². The first-order valence-electron chi connectivity index (χ1n) is 8.63. The van der Waals surface area contributed by atoms with Crippen LogP contribution in [-0.2, 0) is 0 Å². The van der Waals surface area contributed by atoms with Gasteiger partial charge < -0.3 is 5.32 Å². The number of thiol groups is 1. The van der Waals surface area contributed by atoms with Gasteiger partial charge in [-0.2, -0.15) is 0 Å². The average Bonchev–Trinajstić information content (AvgIpc) is 2.71. The highest BCUT2D eigenvalue weighted by molar-refractivity contribution is 7.80. The van der Waals surface area contributed by atoms with Crippen molar-refractivity contribution in [2.24, 2.45) is 0 Å². The number of ketones is 1. The maximum Gasteiger partial charge on any atom is 0.266 e.